The van der Waals surface area contributed by atoms with Crippen molar-refractivity contribution >= 4 is 46.0 Å². The highest BCUT2D eigenvalue weighted by atomic mass is 35.9. The van der Waals surface area contributed by atoms with Crippen LogP contribution in [-0.2, 0) is 11.6 Å². The van der Waals surface area contributed by atoms with Crippen LogP contribution in [0.4, 0.5) is 5.95 Å². The molecule has 1 heterocycles. The Bertz CT molecular complexity index is 332. The van der Waals surface area contributed by atoms with E-state index in [1.54, 1.807) is 7.05 Å². The van der Waals surface area contributed by atoms with E-state index in [1.165, 1.54) is 10.8 Å². The Labute approximate surface area is 83.8 Å². The van der Waals surface area contributed by atoms with Crippen LogP contribution in [0.5, 0.6) is 0 Å². The number of aryl methyl sites for hydroxylation is 1. The monoisotopic (exact) mass is 247 g/mol. The molecule has 0 unspecified atom stereocenters. The van der Waals surface area contributed by atoms with Crippen molar-refractivity contribution in [3.8, 4) is 0 Å². The van der Waals surface area contributed by atoms with Gasteiger partial charge in [0.15, 0.2) is 0 Å². The fraction of sp³-hybridized carbons (Fsp3) is 0.250. The molecule has 1 aromatic heterocycles. The number of hydrogen-bond donors (Lipinski definition) is 1. The van der Waals surface area contributed by atoms with Crippen LogP contribution in [0.1, 0.15) is 0 Å². The number of imidazole rings is 1. The Morgan fingerprint density at radius 1 is 1.67 bits per heavy atom. The SMILES string of the molecule is Cn1cc(Cl)nc1NP(=O)(Cl)Cl. The van der Waals surface area contributed by atoms with E-state index in [1.807, 2.05) is 0 Å². The first-order valence-electron chi connectivity index (χ1n) is 2.85. The van der Waals surface area contributed by atoms with Gasteiger partial charge < -0.3 is 4.57 Å². The molecule has 1 rings (SSSR count). The maximum Gasteiger partial charge on any atom is 0.345 e. The molecule has 0 radical (unpaired) electrons. The number of anilines is 1. The Hall–Kier alpha value is 0.110. The minimum Gasteiger partial charge on any atom is -0.319 e. The van der Waals surface area contributed by atoms with Gasteiger partial charge in [0, 0.05) is 13.2 Å². The van der Waals surface area contributed by atoms with Crippen molar-refractivity contribution < 1.29 is 4.57 Å². The average molecular weight is 248 g/mol. The van der Waals surface area contributed by atoms with Crippen molar-refractivity contribution in [2.24, 2.45) is 7.05 Å². The number of rotatable bonds is 2. The van der Waals surface area contributed by atoms with Gasteiger partial charge in [-0.25, -0.2) is 4.98 Å². The van der Waals surface area contributed by atoms with Gasteiger partial charge in [-0.15, -0.1) is 0 Å². The van der Waals surface area contributed by atoms with E-state index < -0.39 is 6.00 Å². The summed E-state index contributed by atoms with van der Waals surface area (Å²) in [5.74, 6) is -3.08. The molecule has 0 atom stereocenters. The first-order valence-corrected chi connectivity index (χ1v) is 6.74. The summed E-state index contributed by atoms with van der Waals surface area (Å²) in [5, 5.41) is 2.60. The van der Waals surface area contributed by atoms with Crippen molar-refractivity contribution in [2.45, 2.75) is 0 Å². The Morgan fingerprint density at radius 3 is 2.58 bits per heavy atom. The van der Waals surface area contributed by atoms with E-state index in [0.29, 0.717) is 0 Å². The van der Waals surface area contributed by atoms with E-state index in [-0.39, 0.29) is 11.1 Å². The molecule has 0 aliphatic rings. The van der Waals surface area contributed by atoms with Gasteiger partial charge in [0.05, 0.1) is 0 Å². The van der Waals surface area contributed by atoms with Crippen LogP contribution >= 0.6 is 40.1 Å². The normalized spacial score (nSPS) is 11.7. The third-order valence-electron chi connectivity index (χ3n) is 1.08. The molecule has 8 heteroatoms. The van der Waals surface area contributed by atoms with Crippen molar-refractivity contribution in [1.29, 1.82) is 0 Å². The molecule has 1 aromatic rings. The summed E-state index contributed by atoms with van der Waals surface area (Å²) < 4.78 is 12.4. The second-order valence-corrected chi connectivity index (χ2v) is 6.98. The maximum absolute atomic E-state index is 10.9. The maximum atomic E-state index is 10.9. The minimum atomic E-state index is -3.35. The van der Waals surface area contributed by atoms with Gasteiger partial charge in [0.25, 0.3) is 0 Å². The number of aromatic nitrogens is 2. The summed E-state index contributed by atoms with van der Waals surface area (Å²) in [6.07, 6.45) is 1.54. The van der Waals surface area contributed by atoms with Crippen LogP contribution in [-0.4, -0.2) is 9.55 Å². The van der Waals surface area contributed by atoms with Crippen LogP contribution in [0, 0.1) is 0 Å². The average Bonchev–Trinajstić information content (AvgIpc) is 2.06. The molecule has 0 saturated carbocycles. The highest BCUT2D eigenvalue weighted by molar-refractivity contribution is 8.09. The molecule has 0 bridgehead atoms. The largest absolute Gasteiger partial charge is 0.345 e. The zero-order valence-electron chi connectivity index (χ0n) is 5.96. The zero-order valence-corrected chi connectivity index (χ0v) is 9.12. The van der Waals surface area contributed by atoms with Crippen LogP contribution in [0.3, 0.4) is 0 Å². The van der Waals surface area contributed by atoms with Gasteiger partial charge in [0.2, 0.25) is 5.95 Å². The fourth-order valence-electron chi connectivity index (χ4n) is 0.650. The Morgan fingerprint density at radius 2 is 2.25 bits per heavy atom. The standard InChI is InChI=1S/C4H5Cl3N3OP/c1-10-2-3(5)8-4(10)9-12(6,7)11/h2H,1H3,(H,8,9,11). The van der Waals surface area contributed by atoms with Crippen LogP contribution < -0.4 is 5.09 Å². The van der Waals surface area contributed by atoms with Gasteiger partial charge in [0.1, 0.15) is 5.15 Å². The molecule has 0 aromatic carbocycles. The molecule has 1 N–H and O–H groups in total. The lowest BCUT2D eigenvalue weighted by atomic mass is 10.9. The zero-order chi connectivity index (χ0) is 9.35. The van der Waals surface area contributed by atoms with Gasteiger partial charge in [-0.05, 0) is 22.5 Å². The molecule has 0 amide bonds. The Balaban J connectivity index is 2.90. The molecule has 68 valence electrons. The van der Waals surface area contributed by atoms with Crippen LogP contribution in [0.25, 0.3) is 0 Å². The lowest BCUT2D eigenvalue weighted by Crippen LogP contribution is -1.96. The quantitative estimate of drug-likeness (QED) is 0.818. The third-order valence-corrected chi connectivity index (χ3v) is 2.23. The lowest BCUT2D eigenvalue weighted by Gasteiger charge is -2.04. The van der Waals surface area contributed by atoms with Crippen molar-refractivity contribution in [3.05, 3.63) is 11.3 Å². The predicted octanol–water partition coefficient (Wildman–Crippen LogP) is 3.07. The molecule has 0 fully saturated rings. The molecule has 12 heavy (non-hydrogen) atoms. The van der Waals surface area contributed by atoms with E-state index in [9.17, 15) is 4.57 Å². The molecule has 0 spiro atoms. The molecular weight excluding hydrogens is 243 g/mol. The van der Waals surface area contributed by atoms with E-state index in [0.717, 1.165) is 0 Å². The lowest BCUT2D eigenvalue weighted by molar-refractivity contribution is 0.595. The van der Waals surface area contributed by atoms with E-state index in [4.69, 9.17) is 34.1 Å². The van der Waals surface area contributed by atoms with Gasteiger partial charge in [-0.3, -0.25) is 9.65 Å². The second-order valence-electron chi connectivity index (χ2n) is 2.07. The van der Waals surface area contributed by atoms with Crippen molar-refractivity contribution in [2.75, 3.05) is 5.09 Å². The molecule has 0 saturated heterocycles. The molecule has 0 aliphatic carbocycles. The first-order chi connectivity index (χ1) is 5.38. The summed E-state index contributed by atoms with van der Waals surface area (Å²) in [5.41, 5.74) is 0. The topological polar surface area (TPSA) is 46.9 Å². The van der Waals surface area contributed by atoms with Crippen LogP contribution in [0.15, 0.2) is 6.20 Å². The van der Waals surface area contributed by atoms with Crippen molar-refractivity contribution in [1.82, 2.24) is 9.55 Å². The highest BCUT2D eigenvalue weighted by Crippen LogP contribution is 2.55. The van der Waals surface area contributed by atoms with Gasteiger partial charge in [-0.2, -0.15) is 0 Å². The third kappa shape index (κ3) is 2.87. The smallest absolute Gasteiger partial charge is 0.319 e. The first kappa shape index (κ1) is 10.2. The summed E-state index contributed by atoms with van der Waals surface area (Å²) >= 11 is 16.1. The van der Waals surface area contributed by atoms with Gasteiger partial charge in [-0.1, -0.05) is 11.6 Å². The summed E-state index contributed by atoms with van der Waals surface area (Å²) in [4.78, 5) is 3.77. The minimum absolute atomic E-state index is 0.272. The molecule has 4 nitrogen and oxygen atoms in total. The number of nitrogens with one attached hydrogen (secondary N) is 1. The number of halogens is 3. The van der Waals surface area contributed by atoms with Crippen molar-refractivity contribution in [3.63, 3.8) is 0 Å². The summed E-state index contributed by atoms with van der Waals surface area (Å²) in [7, 11) is 1.67. The summed E-state index contributed by atoms with van der Waals surface area (Å²) in [6, 6.07) is 0. The number of hydrogen-bond acceptors (Lipinski definition) is 2. The summed E-state index contributed by atoms with van der Waals surface area (Å²) in [6.45, 7) is 0. The highest BCUT2D eigenvalue weighted by Gasteiger charge is 2.16. The predicted molar refractivity (Wildman–Crippen MR) is 51.2 cm³/mol. The van der Waals surface area contributed by atoms with Gasteiger partial charge >= 0.3 is 6.00 Å². The van der Waals surface area contributed by atoms with E-state index in [2.05, 4.69) is 10.1 Å². The number of nitrogens with zero attached hydrogens (tertiary/aromatic N) is 2. The molecule has 0 aliphatic heterocycles. The fourth-order valence-corrected chi connectivity index (χ4v) is 1.77. The Kier molecular flexibility index (Phi) is 2.94. The second kappa shape index (κ2) is 3.46. The van der Waals surface area contributed by atoms with Crippen LogP contribution in [0.2, 0.25) is 5.15 Å². The van der Waals surface area contributed by atoms with E-state index >= 15 is 0 Å². The molecular formula is C4H5Cl3N3OP.